The lowest BCUT2D eigenvalue weighted by atomic mass is 10.3. The molecule has 1 aromatic heterocycles. The van der Waals surface area contributed by atoms with Crippen molar-refractivity contribution in [2.24, 2.45) is 7.05 Å². The monoisotopic (exact) mass is 344 g/mol. The van der Waals surface area contributed by atoms with Crippen LogP contribution in [0.5, 0.6) is 0 Å². The zero-order valence-corrected chi connectivity index (χ0v) is 13.1. The number of piperazine rings is 1. The minimum absolute atomic E-state index is 0.171. The van der Waals surface area contributed by atoms with Gasteiger partial charge in [0.25, 0.3) is 5.56 Å². The molecule has 2 heterocycles. The summed E-state index contributed by atoms with van der Waals surface area (Å²) in [6.07, 6.45) is 1.37. The number of carbonyl (C=O) groups excluding carboxylic acids is 1. The lowest BCUT2D eigenvalue weighted by molar-refractivity contribution is 0.105. The first kappa shape index (κ1) is 14.8. The molecule has 20 heavy (non-hydrogen) atoms. The maximum absolute atomic E-state index is 11.8. The van der Waals surface area contributed by atoms with Crippen molar-refractivity contribution in [3.05, 3.63) is 21.0 Å². The number of amides is 1. The van der Waals surface area contributed by atoms with Crippen LogP contribution in [0.15, 0.2) is 15.5 Å². The second-order valence-electron chi connectivity index (χ2n) is 4.45. The Kier molecular flexibility index (Phi) is 4.64. The van der Waals surface area contributed by atoms with Gasteiger partial charge in [0.2, 0.25) is 0 Å². The largest absolute Gasteiger partial charge is 0.450 e. The summed E-state index contributed by atoms with van der Waals surface area (Å²) >= 11 is 3.32. The number of rotatable bonds is 2. The second-order valence-corrected chi connectivity index (χ2v) is 5.24. The minimum Gasteiger partial charge on any atom is -0.450 e. The van der Waals surface area contributed by atoms with Crippen molar-refractivity contribution in [3.63, 3.8) is 0 Å². The van der Waals surface area contributed by atoms with E-state index in [2.05, 4.69) is 21.0 Å². The SMILES string of the molecule is CCOC(=O)N1CCN(c2cnn(C)c(=O)c2Br)CC1. The Hall–Kier alpha value is -1.57. The molecule has 8 heteroatoms. The lowest BCUT2D eigenvalue weighted by Crippen LogP contribution is -2.49. The molecule has 1 aliphatic rings. The van der Waals surface area contributed by atoms with Gasteiger partial charge in [0.05, 0.1) is 18.5 Å². The van der Waals surface area contributed by atoms with Crippen LogP contribution in [-0.4, -0.2) is 53.6 Å². The Morgan fingerprint density at radius 3 is 2.65 bits per heavy atom. The zero-order chi connectivity index (χ0) is 14.7. The predicted octanol–water partition coefficient (Wildman–Crippen LogP) is 0.821. The summed E-state index contributed by atoms with van der Waals surface area (Å²) in [5.74, 6) is 0. The molecule has 7 nitrogen and oxygen atoms in total. The number of anilines is 1. The molecule has 0 aromatic carbocycles. The van der Waals surface area contributed by atoms with Gasteiger partial charge in [0.1, 0.15) is 4.47 Å². The number of nitrogens with zero attached hydrogens (tertiary/aromatic N) is 4. The van der Waals surface area contributed by atoms with E-state index in [4.69, 9.17) is 4.74 Å². The molecule has 110 valence electrons. The number of ether oxygens (including phenoxy) is 1. The van der Waals surface area contributed by atoms with E-state index < -0.39 is 0 Å². The Bertz CT molecular complexity index is 552. The molecule has 0 spiro atoms. The van der Waals surface area contributed by atoms with Crippen LogP contribution in [0, 0.1) is 0 Å². The molecule has 1 saturated heterocycles. The van der Waals surface area contributed by atoms with Crippen LogP contribution in [0.4, 0.5) is 10.5 Å². The molecular weight excluding hydrogens is 328 g/mol. The van der Waals surface area contributed by atoms with E-state index in [9.17, 15) is 9.59 Å². The van der Waals surface area contributed by atoms with Crippen LogP contribution in [0.3, 0.4) is 0 Å². The summed E-state index contributed by atoms with van der Waals surface area (Å²) in [6.45, 7) is 4.60. The molecule has 0 saturated carbocycles. The number of aromatic nitrogens is 2. The summed E-state index contributed by atoms with van der Waals surface area (Å²) < 4.78 is 6.75. The fourth-order valence-corrected chi connectivity index (χ4v) is 2.68. The van der Waals surface area contributed by atoms with Crippen molar-refractivity contribution >= 4 is 27.7 Å². The molecule has 0 radical (unpaired) electrons. The highest BCUT2D eigenvalue weighted by molar-refractivity contribution is 9.10. The first-order chi connectivity index (χ1) is 9.54. The van der Waals surface area contributed by atoms with Crippen molar-refractivity contribution < 1.29 is 9.53 Å². The van der Waals surface area contributed by atoms with E-state index in [-0.39, 0.29) is 11.7 Å². The fourth-order valence-electron chi connectivity index (χ4n) is 2.07. The van der Waals surface area contributed by atoms with Gasteiger partial charge in [-0.25, -0.2) is 9.48 Å². The molecule has 0 N–H and O–H groups in total. The normalized spacial score (nSPS) is 15.3. The summed E-state index contributed by atoms with van der Waals surface area (Å²) in [7, 11) is 1.61. The van der Waals surface area contributed by atoms with Crippen LogP contribution >= 0.6 is 15.9 Å². The highest BCUT2D eigenvalue weighted by Crippen LogP contribution is 2.22. The van der Waals surface area contributed by atoms with Gasteiger partial charge in [-0.1, -0.05) is 0 Å². The standard InChI is InChI=1S/C12H17BrN4O3/c1-3-20-12(19)17-6-4-16(5-7-17)9-8-14-15(2)11(18)10(9)13/h8H,3-7H2,1-2H3. The maximum Gasteiger partial charge on any atom is 0.409 e. The van der Waals surface area contributed by atoms with Crippen LogP contribution in [0.25, 0.3) is 0 Å². The Labute approximate surface area is 125 Å². The third kappa shape index (κ3) is 2.95. The second kappa shape index (κ2) is 6.25. The molecular formula is C12H17BrN4O3. The van der Waals surface area contributed by atoms with Crippen LogP contribution in [-0.2, 0) is 11.8 Å². The number of carbonyl (C=O) groups is 1. The van der Waals surface area contributed by atoms with Crippen molar-refractivity contribution in [3.8, 4) is 0 Å². The lowest BCUT2D eigenvalue weighted by Gasteiger charge is -2.35. The molecule has 1 fully saturated rings. The summed E-state index contributed by atoms with van der Waals surface area (Å²) in [5, 5.41) is 4.03. The highest BCUT2D eigenvalue weighted by atomic mass is 79.9. The molecule has 1 amide bonds. The van der Waals surface area contributed by atoms with Gasteiger partial charge >= 0.3 is 6.09 Å². The molecule has 1 aromatic rings. The number of hydrogen-bond acceptors (Lipinski definition) is 5. The topological polar surface area (TPSA) is 67.7 Å². The van der Waals surface area contributed by atoms with Gasteiger partial charge in [0, 0.05) is 33.2 Å². The van der Waals surface area contributed by atoms with Crippen molar-refractivity contribution in [2.75, 3.05) is 37.7 Å². The number of aryl methyl sites for hydroxylation is 1. The van der Waals surface area contributed by atoms with E-state index in [1.54, 1.807) is 25.1 Å². The maximum atomic E-state index is 11.8. The number of halogens is 1. The van der Waals surface area contributed by atoms with Gasteiger partial charge in [-0.2, -0.15) is 5.10 Å². The summed E-state index contributed by atoms with van der Waals surface area (Å²) in [6, 6.07) is 0. The van der Waals surface area contributed by atoms with Crippen LogP contribution in [0.1, 0.15) is 6.92 Å². The van der Waals surface area contributed by atoms with Gasteiger partial charge in [-0.05, 0) is 22.9 Å². The van der Waals surface area contributed by atoms with Crippen LogP contribution in [0.2, 0.25) is 0 Å². The van der Waals surface area contributed by atoms with Crippen molar-refractivity contribution in [1.29, 1.82) is 0 Å². The molecule has 0 aliphatic carbocycles. The first-order valence-corrected chi connectivity index (χ1v) is 7.22. The predicted molar refractivity (Wildman–Crippen MR) is 78.0 cm³/mol. The van der Waals surface area contributed by atoms with E-state index in [0.717, 1.165) is 5.69 Å². The Morgan fingerprint density at radius 2 is 2.05 bits per heavy atom. The van der Waals surface area contributed by atoms with Crippen molar-refractivity contribution in [1.82, 2.24) is 14.7 Å². The quantitative estimate of drug-likeness (QED) is 0.794. The van der Waals surface area contributed by atoms with E-state index in [1.807, 2.05) is 4.90 Å². The van der Waals surface area contributed by atoms with Gasteiger partial charge in [-0.15, -0.1) is 0 Å². The smallest absolute Gasteiger partial charge is 0.409 e. The molecule has 1 aliphatic heterocycles. The van der Waals surface area contributed by atoms with Gasteiger partial charge in [0.15, 0.2) is 0 Å². The Balaban J connectivity index is 2.06. The van der Waals surface area contributed by atoms with Crippen molar-refractivity contribution in [2.45, 2.75) is 6.92 Å². The molecule has 2 rings (SSSR count). The van der Waals surface area contributed by atoms with E-state index in [0.29, 0.717) is 37.3 Å². The average Bonchev–Trinajstić information content (AvgIpc) is 2.45. The van der Waals surface area contributed by atoms with E-state index >= 15 is 0 Å². The Morgan fingerprint density at radius 1 is 1.40 bits per heavy atom. The first-order valence-electron chi connectivity index (χ1n) is 6.43. The molecule has 0 unspecified atom stereocenters. The average molecular weight is 345 g/mol. The third-order valence-corrected chi connectivity index (χ3v) is 3.95. The van der Waals surface area contributed by atoms with Crippen LogP contribution < -0.4 is 10.5 Å². The van der Waals surface area contributed by atoms with E-state index in [1.165, 1.54) is 4.68 Å². The molecule has 0 bridgehead atoms. The minimum atomic E-state index is -0.284. The third-order valence-electron chi connectivity index (χ3n) is 3.21. The van der Waals surface area contributed by atoms with Gasteiger partial charge < -0.3 is 14.5 Å². The summed E-state index contributed by atoms with van der Waals surface area (Å²) in [5.41, 5.74) is 0.590. The van der Waals surface area contributed by atoms with Gasteiger partial charge in [-0.3, -0.25) is 4.79 Å². The summed E-state index contributed by atoms with van der Waals surface area (Å²) in [4.78, 5) is 27.2. The highest BCUT2D eigenvalue weighted by Gasteiger charge is 2.24. The fraction of sp³-hybridized carbons (Fsp3) is 0.583. The zero-order valence-electron chi connectivity index (χ0n) is 11.5. The number of hydrogen-bond donors (Lipinski definition) is 0. The molecule has 0 atom stereocenters.